The van der Waals surface area contributed by atoms with Crippen molar-refractivity contribution in [3.63, 3.8) is 0 Å². The van der Waals surface area contributed by atoms with Crippen LogP contribution in [-0.2, 0) is 16.0 Å². The summed E-state index contributed by atoms with van der Waals surface area (Å²) in [5.41, 5.74) is 0.852. The Hall–Kier alpha value is -0.950. The summed E-state index contributed by atoms with van der Waals surface area (Å²) in [6.45, 7) is 4.20. The fourth-order valence-corrected chi connectivity index (χ4v) is 1.28. The minimum absolute atomic E-state index is 0.297. The van der Waals surface area contributed by atoms with E-state index in [4.69, 9.17) is 14.0 Å². The Balaban J connectivity index is 2.02. The van der Waals surface area contributed by atoms with Crippen LogP contribution in [-0.4, -0.2) is 49.8 Å². The smallest absolute Gasteiger partial charge is 0.150 e. The molecule has 1 rings (SSSR count). The van der Waals surface area contributed by atoms with E-state index in [1.165, 1.54) is 0 Å². The van der Waals surface area contributed by atoms with Gasteiger partial charge in [0.1, 0.15) is 0 Å². The van der Waals surface area contributed by atoms with Crippen LogP contribution in [0.5, 0.6) is 0 Å². The molecule has 6 heteroatoms. The molecular formula is C11H20N2O4. The molecule has 1 unspecified atom stereocenters. The van der Waals surface area contributed by atoms with Crippen LogP contribution in [0.3, 0.4) is 0 Å². The van der Waals surface area contributed by atoms with E-state index in [2.05, 4.69) is 10.5 Å². The first-order chi connectivity index (χ1) is 8.22. The van der Waals surface area contributed by atoms with Gasteiger partial charge in [-0.3, -0.25) is 0 Å². The summed E-state index contributed by atoms with van der Waals surface area (Å²) in [7, 11) is 1.61. The molecule has 0 spiro atoms. The number of nitrogens with zero attached hydrogens (tertiary/aromatic N) is 1. The van der Waals surface area contributed by atoms with E-state index in [1.54, 1.807) is 7.11 Å². The standard InChI is InChI=1S/C11H20N2O4/c1-9-5-11(17-13-9)7-12-6-10(14)8-16-4-3-15-2/h5,10,12,14H,3-4,6-8H2,1-2H3. The molecular weight excluding hydrogens is 224 g/mol. The molecule has 17 heavy (non-hydrogen) atoms. The summed E-state index contributed by atoms with van der Waals surface area (Å²) in [6.07, 6.45) is -0.532. The highest BCUT2D eigenvalue weighted by molar-refractivity contribution is 5.02. The zero-order valence-corrected chi connectivity index (χ0v) is 10.3. The van der Waals surface area contributed by atoms with Crippen molar-refractivity contribution < 1.29 is 19.1 Å². The molecule has 0 aromatic carbocycles. The third-order valence-corrected chi connectivity index (χ3v) is 2.10. The van der Waals surface area contributed by atoms with E-state index in [9.17, 15) is 5.11 Å². The van der Waals surface area contributed by atoms with E-state index < -0.39 is 6.10 Å². The minimum Gasteiger partial charge on any atom is -0.389 e. The van der Waals surface area contributed by atoms with Gasteiger partial charge < -0.3 is 24.4 Å². The lowest BCUT2D eigenvalue weighted by Gasteiger charge is -2.11. The number of aryl methyl sites for hydroxylation is 1. The van der Waals surface area contributed by atoms with E-state index in [0.717, 1.165) is 11.5 Å². The SMILES string of the molecule is COCCOCC(O)CNCc1cc(C)no1. The molecule has 98 valence electrons. The molecule has 1 aromatic rings. The average molecular weight is 244 g/mol. The molecule has 0 aliphatic rings. The van der Waals surface area contributed by atoms with Gasteiger partial charge in [-0.25, -0.2) is 0 Å². The first kappa shape index (κ1) is 14.1. The van der Waals surface area contributed by atoms with Crippen molar-refractivity contribution >= 4 is 0 Å². The Bertz CT molecular complexity index is 303. The largest absolute Gasteiger partial charge is 0.389 e. The van der Waals surface area contributed by atoms with Gasteiger partial charge in [0.25, 0.3) is 0 Å². The Labute approximate surface area is 101 Å². The molecule has 1 aromatic heterocycles. The van der Waals surface area contributed by atoms with Crippen LogP contribution < -0.4 is 5.32 Å². The predicted octanol–water partition coefficient (Wildman–Crippen LogP) is 0.0965. The second-order valence-corrected chi connectivity index (χ2v) is 3.79. The zero-order valence-electron chi connectivity index (χ0n) is 10.3. The van der Waals surface area contributed by atoms with Crippen molar-refractivity contribution in [3.8, 4) is 0 Å². The van der Waals surface area contributed by atoms with Crippen molar-refractivity contribution in [2.24, 2.45) is 0 Å². The predicted molar refractivity (Wildman–Crippen MR) is 61.6 cm³/mol. The van der Waals surface area contributed by atoms with E-state index in [1.807, 2.05) is 13.0 Å². The maximum Gasteiger partial charge on any atom is 0.150 e. The van der Waals surface area contributed by atoms with Gasteiger partial charge in [0.15, 0.2) is 5.76 Å². The van der Waals surface area contributed by atoms with Gasteiger partial charge in [-0.15, -0.1) is 0 Å². The molecule has 2 N–H and O–H groups in total. The highest BCUT2D eigenvalue weighted by Crippen LogP contribution is 2.00. The fraction of sp³-hybridized carbons (Fsp3) is 0.727. The van der Waals surface area contributed by atoms with Gasteiger partial charge in [0.05, 0.1) is 38.2 Å². The number of methoxy groups -OCH3 is 1. The number of hydrogen-bond donors (Lipinski definition) is 2. The van der Waals surface area contributed by atoms with E-state index in [0.29, 0.717) is 32.9 Å². The van der Waals surface area contributed by atoms with Gasteiger partial charge in [-0.05, 0) is 6.92 Å². The Morgan fingerprint density at radius 3 is 3.00 bits per heavy atom. The second-order valence-electron chi connectivity index (χ2n) is 3.79. The first-order valence-electron chi connectivity index (χ1n) is 5.60. The first-order valence-corrected chi connectivity index (χ1v) is 5.60. The van der Waals surface area contributed by atoms with Crippen LogP contribution in [0.15, 0.2) is 10.6 Å². The lowest BCUT2D eigenvalue weighted by atomic mass is 10.3. The highest BCUT2D eigenvalue weighted by atomic mass is 16.5. The molecule has 0 saturated carbocycles. The number of aromatic nitrogens is 1. The summed E-state index contributed by atoms with van der Waals surface area (Å²) in [5.74, 6) is 0.759. The van der Waals surface area contributed by atoms with E-state index in [-0.39, 0.29) is 0 Å². The van der Waals surface area contributed by atoms with Gasteiger partial charge in [0, 0.05) is 19.7 Å². The van der Waals surface area contributed by atoms with Crippen LogP contribution in [0, 0.1) is 6.92 Å². The molecule has 0 radical (unpaired) electrons. The number of ether oxygens (including phenoxy) is 2. The molecule has 0 fully saturated rings. The van der Waals surface area contributed by atoms with Gasteiger partial charge in [0.2, 0.25) is 0 Å². The number of hydrogen-bond acceptors (Lipinski definition) is 6. The van der Waals surface area contributed by atoms with Crippen LogP contribution in [0.4, 0.5) is 0 Å². The van der Waals surface area contributed by atoms with Crippen LogP contribution >= 0.6 is 0 Å². The van der Waals surface area contributed by atoms with Crippen LogP contribution in [0.2, 0.25) is 0 Å². The molecule has 0 amide bonds. The topological polar surface area (TPSA) is 76.8 Å². The van der Waals surface area contributed by atoms with Crippen molar-refractivity contribution in [3.05, 3.63) is 17.5 Å². The summed E-state index contributed by atoms with van der Waals surface area (Å²) >= 11 is 0. The van der Waals surface area contributed by atoms with Gasteiger partial charge in [-0.2, -0.15) is 0 Å². The van der Waals surface area contributed by atoms with E-state index >= 15 is 0 Å². The van der Waals surface area contributed by atoms with Gasteiger partial charge in [-0.1, -0.05) is 5.16 Å². The molecule has 0 aliphatic heterocycles. The number of aliphatic hydroxyl groups is 1. The van der Waals surface area contributed by atoms with Crippen molar-refractivity contribution in [1.29, 1.82) is 0 Å². The lowest BCUT2D eigenvalue weighted by molar-refractivity contribution is 0.0135. The average Bonchev–Trinajstić information content (AvgIpc) is 2.71. The molecule has 1 atom stereocenters. The minimum atomic E-state index is -0.532. The normalized spacial score (nSPS) is 12.9. The van der Waals surface area contributed by atoms with Crippen LogP contribution in [0.1, 0.15) is 11.5 Å². The molecule has 1 heterocycles. The highest BCUT2D eigenvalue weighted by Gasteiger charge is 2.05. The second kappa shape index (κ2) is 8.19. The maximum atomic E-state index is 9.56. The summed E-state index contributed by atoms with van der Waals surface area (Å²) in [4.78, 5) is 0. The monoisotopic (exact) mass is 244 g/mol. The molecule has 0 bridgehead atoms. The zero-order chi connectivity index (χ0) is 12.5. The summed E-state index contributed by atoms with van der Waals surface area (Å²) in [6, 6.07) is 1.86. The Morgan fingerprint density at radius 2 is 2.35 bits per heavy atom. The van der Waals surface area contributed by atoms with Crippen molar-refractivity contribution in [2.75, 3.05) is 33.5 Å². The Morgan fingerprint density at radius 1 is 1.53 bits per heavy atom. The fourth-order valence-electron chi connectivity index (χ4n) is 1.28. The molecule has 0 aliphatic carbocycles. The summed E-state index contributed by atoms with van der Waals surface area (Å²) in [5, 5.41) is 16.4. The quantitative estimate of drug-likeness (QED) is 0.600. The van der Waals surface area contributed by atoms with Crippen molar-refractivity contribution in [1.82, 2.24) is 10.5 Å². The molecule has 6 nitrogen and oxygen atoms in total. The van der Waals surface area contributed by atoms with Gasteiger partial charge >= 0.3 is 0 Å². The number of aliphatic hydroxyl groups excluding tert-OH is 1. The Kier molecular flexibility index (Phi) is 6.80. The summed E-state index contributed by atoms with van der Waals surface area (Å²) < 4.78 is 15.0. The third-order valence-electron chi connectivity index (χ3n) is 2.10. The maximum absolute atomic E-state index is 9.56. The lowest BCUT2D eigenvalue weighted by Crippen LogP contribution is -2.30. The number of nitrogens with one attached hydrogen (secondary N) is 1. The molecule has 0 saturated heterocycles. The number of rotatable bonds is 9. The van der Waals surface area contributed by atoms with Crippen molar-refractivity contribution in [2.45, 2.75) is 19.6 Å². The van der Waals surface area contributed by atoms with Crippen LogP contribution in [0.25, 0.3) is 0 Å². The third kappa shape index (κ3) is 6.38.